The smallest absolute Gasteiger partial charge is 0.134 e. The van der Waals surface area contributed by atoms with E-state index in [1.165, 1.54) is 12.8 Å². The van der Waals surface area contributed by atoms with Crippen LogP contribution in [0.2, 0.25) is 0 Å². The largest absolute Gasteiger partial charge is 0.248 e. The highest BCUT2D eigenvalue weighted by Crippen LogP contribution is 2.40. The van der Waals surface area contributed by atoms with Crippen LogP contribution in [0.25, 0.3) is 0 Å². The van der Waals surface area contributed by atoms with Gasteiger partial charge in [-0.25, -0.2) is 15.0 Å². The summed E-state index contributed by atoms with van der Waals surface area (Å²) in [6, 6.07) is 5.81. The van der Waals surface area contributed by atoms with Gasteiger partial charge in [-0.2, -0.15) is 0 Å². The minimum atomic E-state index is 0.550. The first-order valence-corrected chi connectivity index (χ1v) is 7.95. The van der Waals surface area contributed by atoms with Crippen LogP contribution in [0.15, 0.2) is 43.5 Å². The molecule has 2 heterocycles. The minimum Gasteiger partial charge on any atom is -0.248 e. The first-order chi connectivity index (χ1) is 8.72. The molecule has 0 N–H and O–H groups in total. The van der Waals surface area contributed by atoms with Gasteiger partial charge in [-0.15, -0.1) is 0 Å². The van der Waals surface area contributed by atoms with E-state index in [1.54, 1.807) is 18.0 Å². The Morgan fingerprint density at radius 1 is 1.22 bits per heavy atom. The van der Waals surface area contributed by atoms with Crippen molar-refractivity contribution in [3.63, 3.8) is 0 Å². The third-order valence-corrected chi connectivity index (χ3v) is 4.80. The molecule has 3 nitrogen and oxygen atoms in total. The summed E-state index contributed by atoms with van der Waals surface area (Å²) in [5.41, 5.74) is 0. The molecule has 1 aliphatic carbocycles. The van der Waals surface area contributed by atoms with Gasteiger partial charge in [-0.3, -0.25) is 0 Å². The fourth-order valence-electron chi connectivity index (χ4n) is 1.54. The molecule has 3 rings (SSSR count). The third-order valence-electron chi connectivity index (χ3n) is 2.56. The molecule has 0 aromatic carbocycles. The van der Waals surface area contributed by atoms with Crippen molar-refractivity contribution < 1.29 is 0 Å². The van der Waals surface area contributed by atoms with Crippen molar-refractivity contribution in [2.75, 3.05) is 0 Å². The molecule has 1 aliphatic rings. The average molecular weight is 387 g/mol. The van der Waals surface area contributed by atoms with Crippen molar-refractivity contribution in [3.05, 3.63) is 39.3 Å². The first kappa shape index (κ1) is 12.6. The number of nitrogens with zero attached hydrogens (tertiary/aromatic N) is 3. The van der Waals surface area contributed by atoms with E-state index in [0.717, 1.165) is 25.0 Å². The molecule has 0 unspecified atom stereocenters. The lowest BCUT2D eigenvalue weighted by molar-refractivity contribution is 0.865. The SMILES string of the molecule is Brc1cc(Sc2ncccc2Br)nc(C2CC2)n1. The molecule has 2 aromatic heterocycles. The zero-order valence-corrected chi connectivity index (χ0v) is 13.3. The van der Waals surface area contributed by atoms with Gasteiger partial charge < -0.3 is 0 Å². The topological polar surface area (TPSA) is 38.7 Å². The average Bonchev–Trinajstić information content (AvgIpc) is 3.15. The van der Waals surface area contributed by atoms with Crippen molar-refractivity contribution in [2.45, 2.75) is 28.8 Å². The summed E-state index contributed by atoms with van der Waals surface area (Å²) in [7, 11) is 0. The summed E-state index contributed by atoms with van der Waals surface area (Å²) in [6.45, 7) is 0. The van der Waals surface area contributed by atoms with Crippen LogP contribution in [-0.4, -0.2) is 15.0 Å². The van der Waals surface area contributed by atoms with E-state index in [9.17, 15) is 0 Å². The molecule has 2 aromatic rings. The highest BCUT2D eigenvalue weighted by Gasteiger charge is 2.27. The normalized spacial score (nSPS) is 14.8. The molecule has 0 spiro atoms. The lowest BCUT2D eigenvalue weighted by Gasteiger charge is -2.05. The maximum Gasteiger partial charge on any atom is 0.134 e. The summed E-state index contributed by atoms with van der Waals surface area (Å²) in [4.78, 5) is 13.3. The molecule has 0 atom stereocenters. The number of aromatic nitrogens is 3. The van der Waals surface area contributed by atoms with E-state index < -0.39 is 0 Å². The van der Waals surface area contributed by atoms with Crippen LogP contribution in [0, 0.1) is 0 Å². The van der Waals surface area contributed by atoms with Crippen molar-refractivity contribution in [2.24, 2.45) is 0 Å². The molecule has 18 heavy (non-hydrogen) atoms. The Labute approximate surface area is 126 Å². The zero-order valence-electron chi connectivity index (χ0n) is 9.31. The van der Waals surface area contributed by atoms with Gasteiger partial charge in [0.1, 0.15) is 20.5 Å². The Morgan fingerprint density at radius 3 is 2.78 bits per heavy atom. The predicted molar refractivity (Wildman–Crippen MR) is 77.8 cm³/mol. The summed E-state index contributed by atoms with van der Waals surface area (Å²) in [5.74, 6) is 1.49. The van der Waals surface area contributed by atoms with E-state index in [1.807, 2.05) is 18.2 Å². The number of hydrogen-bond donors (Lipinski definition) is 0. The standard InChI is InChI=1S/C12H9Br2N3S/c13-8-2-1-5-15-12(8)18-10-6-9(14)16-11(17-10)7-3-4-7/h1-2,5-7H,3-4H2. The van der Waals surface area contributed by atoms with Gasteiger partial charge in [0.2, 0.25) is 0 Å². The highest BCUT2D eigenvalue weighted by molar-refractivity contribution is 9.10. The van der Waals surface area contributed by atoms with E-state index in [-0.39, 0.29) is 0 Å². The number of pyridine rings is 1. The van der Waals surface area contributed by atoms with Crippen LogP contribution in [0.3, 0.4) is 0 Å². The Bertz CT molecular complexity index is 587. The summed E-state index contributed by atoms with van der Waals surface area (Å²) in [5, 5.41) is 1.85. The maximum atomic E-state index is 4.59. The van der Waals surface area contributed by atoms with Gasteiger partial charge in [-0.05, 0) is 68.6 Å². The van der Waals surface area contributed by atoms with Gasteiger partial charge in [0.15, 0.2) is 0 Å². The molecule has 0 aliphatic heterocycles. The molecule has 0 bridgehead atoms. The van der Waals surface area contributed by atoms with E-state index in [0.29, 0.717) is 5.92 Å². The van der Waals surface area contributed by atoms with Crippen LogP contribution in [-0.2, 0) is 0 Å². The fraction of sp³-hybridized carbons (Fsp3) is 0.250. The number of halogens is 2. The summed E-state index contributed by atoms with van der Waals surface area (Å²) in [6.07, 6.45) is 4.19. The lowest BCUT2D eigenvalue weighted by Crippen LogP contribution is -1.95. The van der Waals surface area contributed by atoms with Crippen LogP contribution in [0.4, 0.5) is 0 Å². The molecule has 1 saturated carbocycles. The molecule has 0 saturated heterocycles. The molecule has 1 fully saturated rings. The van der Waals surface area contributed by atoms with Crippen molar-refractivity contribution >= 4 is 43.6 Å². The second kappa shape index (κ2) is 5.27. The molecule has 6 heteroatoms. The Morgan fingerprint density at radius 2 is 2.06 bits per heavy atom. The van der Waals surface area contributed by atoms with Gasteiger partial charge in [0.25, 0.3) is 0 Å². The van der Waals surface area contributed by atoms with Gasteiger partial charge in [0.05, 0.1) is 4.47 Å². The van der Waals surface area contributed by atoms with Crippen molar-refractivity contribution in [1.29, 1.82) is 0 Å². The fourth-order valence-corrected chi connectivity index (χ4v) is 3.37. The Kier molecular flexibility index (Phi) is 3.68. The van der Waals surface area contributed by atoms with Crippen LogP contribution in [0.1, 0.15) is 24.6 Å². The summed E-state index contributed by atoms with van der Waals surface area (Å²) >= 11 is 8.49. The van der Waals surface area contributed by atoms with E-state index in [4.69, 9.17) is 0 Å². The maximum absolute atomic E-state index is 4.59. The highest BCUT2D eigenvalue weighted by atomic mass is 79.9. The quantitative estimate of drug-likeness (QED) is 0.731. The minimum absolute atomic E-state index is 0.550. The number of hydrogen-bond acceptors (Lipinski definition) is 4. The van der Waals surface area contributed by atoms with Crippen LogP contribution < -0.4 is 0 Å². The summed E-state index contributed by atoms with van der Waals surface area (Å²) < 4.78 is 1.83. The lowest BCUT2D eigenvalue weighted by atomic mass is 10.4. The second-order valence-electron chi connectivity index (χ2n) is 4.05. The molecular weight excluding hydrogens is 378 g/mol. The van der Waals surface area contributed by atoms with Crippen LogP contribution >= 0.6 is 43.6 Å². The zero-order chi connectivity index (χ0) is 12.5. The van der Waals surface area contributed by atoms with Gasteiger partial charge in [0, 0.05) is 18.2 Å². The molecular formula is C12H9Br2N3S. The predicted octanol–water partition coefficient (Wildman–Crippen LogP) is 4.43. The molecule has 0 amide bonds. The van der Waals surface area contributed by atoms with Crippen molar-refractivity contribution in [1.82, 2.24) is 15.0 Å². The van der Waals surface area contributed by atoms with Gasteiger partial charge >= 0.3 is 0 Å². The van der Waals surface area contributed by atoms with Crippen LogP contribution in [0.5, 0.6) is 0 Å². The third kappa shape index (κ3) is 2.92. The Hall–Kier alpha value is -0.460. The number of rotatable bonds is 3. The van der Waals surface area contributed by atoms with E-state index >= 15 is 0 Å². The van der Waals surface area contributed by atoms with Gasteiger partial charge in [-0.1, -0.05) is 0 Å². The van der Waals surface area contributed by atoms with E-state index in [2.05, 4.69) is 46.8 Å². The van der Waals surface area contributed by atoms with Crippen molar-refractivity contribution in [3.8, 4) is 0 Å². The Balaban J connectivity index is 1.90. The monoisotopic (exact) mass is 385 g/mol. The second-order valence-corrected chi connectivity index (χ2v) is 6.73. The molecule has 0 radical (unpaired) electrons. The first-order valence-electron chi connectivity index (χ1n) is 5.55. The molecule has 92 valence electrons.